The largest absolute Gasteiger partial charge is 0.306 e. The topological polar surface area (TPSA) is 29.9 Å². The van der Waals surface area contributed by atoms with Gasteiger partial charge in [-0.2, -0.15) is 5.10 Å². The minimum absolute atomic E-state index is 0.120. The lowest BCUT2D eigenvalue weighted by Gasteiger charge is -2.15. The van der Waals surface area contributed by atoms with Crippen molar-refractivity contribution in [3.05, 3.63) is 81.6 Å². The van der Waals surface area contributed by atoms with E-state index in [1.54, 1.807) is 4.68 Å². The number of rotatable bonds is 5. The molecule has 3 nitrogen and oxygen atoms in total. The molecule has 0 bridgehead atoms. The Labute approximate surface area is 152 Å². The molecule has 0 aliphatic rings. The molecule has 0 fully saturated rings. The minimum atomic E-state index is 0.120. The summed E-state index contributed by atoms with van der Waals surface area (Å²) in [6.07, 6.45) is 0. The SMILES string of the molecule is Cc1nn(-c2ccccc2)c(Cl)c1CN[C@@H](C)c1ccccc1Cl. The summed E-state index contributed by atoms with van der Waals surface area (Å²) in [7, 11) is 0. The van der Waals surface area contributed by atoms with E-state index in [1.165, 1.54) is 0 Å². The van der Waals surface area contributed by atoms with Gasteiger partial charge in [-0.15, -0.1) is 0 Å². The van der Waals surface area contributed by atoms with Crippen molar-refractivity contribution in [1.29, 1.82) is 0 Å². The quantitative estimate of drug-likeness (QED) is 0.666. The fourth-order valence-electron chi connectivity index (χ4n) is 2.66. The average Bonchev–Trinajstić information content (AvgIpc) is 2.88. The maximum absolute atomic E-state index is 6.56. The van der Waals surface area contributed by atoms with E-state index in [1.807, 2.05) is 61.5 Å². The lowest BCUT2D eigenvalue weighted by molar-refractivity contribution is 0.573. The monoisotopic (exact) mass is 359 g/mol. The summed E-state index contributed by atoms with van der Waals surface area (Å²) in [5.41, 5.74) is 3.95. The molecule has 1 heterocycles. The number of halogens is 2. The Hall–Kier alpha value is -1.81. The van der Waals surface area contributed by atoms with Crippen molar-refractivity contribution in [2.45, 2.75) is 26.4 Å². The molecule has 1 atom stereocenters. The van der Waals surface area contributed by atoms with Gasteiger partial charge in [-0.3, -0.25) is 0 Å². The van der Waals surface area contributed by atoms with Gasteiger partial charge in [0.15, 0.2) is 0 Å². The third-order valence-corrected chi connectivity index (χ3v) is 4.81. The van der Waals surface area contributed by atoms with Gasteiger partial charge in [0, 0.05) is 23.2 Å². The molecule has 3 aromatic rings. The van der Waals surface area contributed by atoms with E-state index < -0.39 is 0 Å². The predicted molar refractivity (Wildman–Crippen MR) is 100 cm³/mol. The highest BCUT2D eigenvalue weighted by atomic mass is 35.5. The van der Waals surface area contributed by atoms with Gasteiger partial charge in [-0.1, -0.05) is 59.6 Å². The van der Waals surface area contributed by atoms with Crippen LogP contribution in [0.5, 0.6) is 0 Å². The second-order valence-electron chi connectivity index (χ2n) is 5.73. The minimum Gasteiger partial charge on any atom is -0.306 e. The smallest absolute Gasteiger partial charge is 0.137 e. The molecule has 3 rings (SSSR count). The molecule has 0 radical (unpaired) electrons. The van der Waals surface area contributed by atoms with E-state index in [2.05, 4.69) is 17.3 Å². The maximum atomic E-state index is 6.56. The summed E-state index contributed by atoms with van der Waals surface area (Å²) in [5.74, 6) is 0. The van der Waals surface area contributed by atoms with Crippen LogP contribution in [0.15, 0.2) is 54.6 Å². The first-order valence-electron chi connectivity index (χ1n) is 7.85. The Kier molecular flexibility index (Phi) is 5.24. The fraction of sp³-hybridized carbons (Fsp3) is 0.211. The molecular weight excluding hydrogens is 341 g/mol. The van der Waals surface area contributed by atoms with E-state index in [0.29, 0.717) is 11.7 Å². The summed E-state index contributed by atoms with van der Waals surface area (Å²) < 4.78 is 1.77. The molecule has 24 heavy (non-hydrogen) atoms. The third-order valence-electron chi connectivity index (χ3n) is 4.08. The number of aromatic nitrogens is 2. The summed E-state index contributed by atoms with van der Waals surface area (Å²) in [5, 5.41) is 9.45. The lowest BCUT2D eigenvalue weighted by Crippen LogP contribution is -2.18. The Morgan fingerprint density at radius 3 is 2.42 bits per heavy atom. The zero-order valence-electron chi connectivity index (χ0n) is 13.6. The highest BCUT2D eigenvalue weighted by Gasteiger charge is 2.16. The number of aryl methyl sites for hydroxylation is 1. The standard InChI is InChI=1S/C19H19Cl2N3/c1-13(16-10-6-7-11-18(16)20)22-12-17-14(2)23-24(19(17)21)15-8-4-3-5-9-15/h3-11,13,22H,12H2,1-2H3/t13-/m0/s1. The first-order valence-corrected chi connectivity index (χ1v) is 8.60. The van der Waals surface area contributed by atoms with Crippen molar-refractivity contribution in [2.75, 3.05) is 0 Å². The van der Waals surface area contributed by atoms with Gasteiger partial charge in [-0.05, 0) is 37.6 Å². The van der Waals surface area contributed by atoms with E-state index in [-0.39, 0.29) is 6.04 Å². The fourth-order valence-corrected chi connectivity index (χ4v) is 3.30. The van der Waals surface area contributed by atoms with Crippen LogP contribution >= 0.6 is 23.2 Å². The van der Waals surface area contributed by atoms with E-state index in [0.717, 1.165) is 27.5 Å². The van der Waals surface area contributed by atoms with Crippen LogP contribution < -0.4 is 5.32 Å². The molecule has 0 amide bonds. The first kappa shape index (κ1) is 17.0. The highest BCUT2D eigenvalue weighted by Crippen LogP contribution is 2.26. The second-order valence-corrected chi connectivity index (χ2v) is 6.49. The van der Waals surface area contributed by atoms with Gasteiger partial charge in [0.2, 0.25) is 0 Å². The third kappa shape index (κ3) is 3.48. The molecular formula is C19H19Cl2N3. The van der Waals surface area contributed by atoms with Crippen LogP contribution in [-0.4, -0.2) is 9.78 Å². The van der Waals surface area contributed by atoms with Gasteiger partial charge in [0.05, 0.1) is 11.4 Å². The lowest BCUT2D eigenvalue weighted by atomic mass is 10.1. The molecule has 0 spiro atoms. The molecule has 0 aliphatic heterocycles. The summed E-state index contributed by atoms with van der Waals surface area (Å²) in [6, 6.07) is 17.9. The number of nitrogens with zero attached hydrogens (tertiary/aromatic N) is 2. The van der Waals surface area contributed by atoms with Crippen LogP contribution in [0.4, 0.5) is 0 Å². The summed E-state index contributed by atoms with van der Waals surface area (Å²) in [6.45, 7) is 4.69. The number of hydrogen-bond acceptors (Lipinski definition) is 2. The highest BCUT2D eigenvalue weighted by molar-refractivity contribution is 6.31. The van der Waals surface area contributed by atoms with Crippen molar-refractivity contribution in [2.24, 2.45) is 0 Å². The summed E-state index contributed by atoms with van der Waals surface area (Å²) in [4.78, 5) is 0. The van der Waals surface area contributed by atoms with Crippen molar-refractivity contribution >= 4 is 23.2 Å². The number of hydrogen-bond donors (Lipinski definition) is 1. The molecule has 0 saturated heterocycles. The van der Waals surface area contributed by atoms with Gasteiger partial charge >= 0.3 is 0 Å². The molecule has 1 aromatic heterocycles. The van der Waals surface area contributed by atoms with Crippen LogP contribution in [0.2, 0.25) is 10.2 Å². The van der Waals surface area contributed by atoms with Gasteiger partial charge in [0.1, 0.15) is 5.15 Å². The van der Waals surface area contributed by atoms with Crippen LogP contribution in [0, 0.1) is 6.92 Å². The van der Waals surface area contributed by atoms with Crippen LogP contribution in [0.25, 0.3) is 5.69 Å². The Bertz CT molecular complexity index is 828. The van der Waals surface area contributed by atoms with Crippen molar-refractivity contribution in [3.63, 3.8) is 0 Å². The molecule has 0 aliphatic carbocycles. The number of benzene rings is 2. The Morgan fingerprint density at radius 2 is 1.71 bits per heavy atom. The molecule has 2 aromatic carbocycles. The molecule has 0 unspecified atom stereocenters. The Morgan fingerprint density at radius 1 is 1.04 bits per heavy atom. The van der Waals surface area contributed by atoms with Crippen LogP contribution in [0.3, 0.4) is 0 Å². The first-order chi connectivity index (χ1) is 11.6. The van der Waals surface area contributed by atoms with Crippen LogP contribution in [0.1, 0.15) is 29.8 Å². The zero-order chi connectivity index (χ0) is 17.1. The van der Waals surface area contributed by atoms with Crippen molar-refractivity contribution in [3.8, 4) is 5.69 Å². The molecule has 5 heteroatoms. The molecule has 0 saturated carbocycles. The van der Waals surface area contributed by atoms with E-state index >= 15 is 0 Å². The Balaban J connectivity index is 1.79. The van der Waals surface area contributed by atoms with Crippen molar-refractivity contribution in [1.82, 2.24) is 15.1 Å². The van der Waals surface area contributed by atoms with Crippen LogP contribution in [-0.2, 0) is 6.54 Å². The predicted octanol–water partition coefficient (Wildman–Crippen LogP) is 5.34. The van der Waals surface area contributed by atoms with Gasteiger partial charge in [-0.25, -0.2) is 4.68 Å². The van der Waals surface area contributed by atoms with Crippen molar-refractivity contribution < 1.29 is 0 Å². The molecule has 1 N–H and O–H groups in total. The van der Waals surface area contributed by atoms with E-state index in [4.69, 9.17) is 23.2 Å². The van der Waals surface area contributed by atoms with Gasteiger partial charge < -0.3 is 5.32 Å². The second kappa shape index (κ2) is 7.39. The number of para-hydroxylation sites is 1. The average molecular weight is 360 g/mol. The molecule has 124 valence electrons. The maximum Gasteiger partial charge on any atom is 0.137 e. The number of nitrogens with one attached hydrogen (secondary N) is 1. The zero-order valence-corrected chi connectivity index (χ0v) is 15.1. The van der Waals surface area contributed by atoms with E-state index in [9.17, 15) is 0 Å². The normalized spacial score (nSPS) is 12.3. The summed E-state index contributed by atoms with van der Waals surface area (Å²) >= 11 is 12.8. The van der Waals surface area contributed by atoms with Gasteiger partial charge in [0.25, 0.3) is 0 Å².